The molecule has 1 aliphatic carbocycles. The first-order chi connectivity index (χ1) is 11.8. The summed E-state index contributed by atoms with van der Waals surface area (Å²) in [6.45, 7) is 2.71. The highest BCUT2D eigenvalue weighted by molar-refractivity contribution is 5.27. The number of fused-ring (bicyclic) bond motifs is 1. The van der Waals surface area contributed by atoms with E-state index in [4.69, 9.17) is 10.5 Å². The third kappa shape index (κ3) is 3.48. The van der Waals surface area contributed by atoms with Gasteiger partial charge in [0, 0.05) is 50.1 Å². The second kappa shape index (κ2) is 6.73. The summed E-state index contributed by atoms with van der Waals surface area (Å²) in [6, 6.07) is 4.11. The lowest BCUT2D eigenvalue weighted by atomic mass is 10.1. The Morgan fingerprint density at radius 1 is 1.17 bits per heavy atom. The molecule has 3 heterocycles. The Bertz CT molecular complexity index is 697. The second-order valence-corrected chi connectivity index (χ2v) is 6.69. The predicted octanol–water partition coefficient (Wildman–Crippen LogP) is 2.33. The summed E-state index contributed by atoms with van der Waals surface area (Å²) >= 11 is 0. The Labute approximate surface area is 142 Å². The number of nitrogens with two attached hydrogens (primary N) is 1. The quantitative estimate of drug-likeness (QED) is 0.929. The van der Waals surface area contributed by atoms with Gasteiger partial charge in [0.1, 0.15) is 6.10 Å². The van der Waals surface area contributed by atoms with E-state index in [1.165, 1.54) is 24.0 Å². The van der Waals surface area contributed by atoms with Crippen molar-refractivity contribution in [3.05, 3.63) is 41.3 Å². The van der Waals surface area contributed by atoms with Crippen LogP contribution in [0.1, 0.15) is 42.5 Å². The largest absolute Gasteiger partial charge is 0.474 e. The molecule has 0 radical (unpaired) electrons. The first kappa shape index (κ1) is 15.3. The van der Waals surface area contributed by atoms with Gasteiger partial charge in [0.05, 0.1) is 5.69 Å². The molecule has 2 aromatic rings. The van der Waals surface area contributed by atoms with Crippen LogP contribution in [0.2, 0.25) is 0 Å². The molecule has 0 bridgehead atoms. The van der Waals surface area contributed by atoms with Gasteiger partial charge in [-0.05, 0) is 31.2 Å². The summed E-state index contributed by atoms with van der Waals surface area (Å²) in [5, 5.41) is 0. The number of hydrogen-bond donors (Lipinski definition) is 1. The molecule has 1 aliphatic heterocycles. The fourth-order valence-electron chi connectivity index (χ4n) is 3.53. The van der Waals surface area contributed by atoms with Gasteiger partial charge in [-0.1, -0.05) is 6.07 Å². The van der Waals surface area contributed by atoms with Gasteiger partial charge in [-0.3, -0.25) is 4.90 Å². The lowest BCUT2D eigenvalue weighted by Crippen LogP contribution is -2.31. The molecule has 0 amide bonds. The van der Waals surface area contributed by atoms with Crippen LogP contribution in [0.3, 0.4) is 0 Å². The van der Waals surface area contributed by atoms with E-state index in [-0.39, 0.29) is 0 Å². The molecule has 2 aromatic heterocycles. The first-order valence-corrected chi connectivity index (χ1v) is 8.70. The van der Waals surface area contributed by atoms with E-state index >= 15 is 0 Å². The highest BCUT2D eigenvalue weighted by atomic mass is 16.5. The topological polar surface area (TPSA) is 77.2 Å². The summed E-state index contributed by atoms with van der Waals surface area (Å²) in [7, 11) is 0. The SMILES string of the molecule is Nc1ncc2c(n1)CCN(Cc1ccc(OC3CCCC3)nc1)C2. The maximum atomic E-state index is 5.92. The fourth-order valence-corrected chi connectivity index (χ4v) is 3.53. The molecule has 0 unspecified atom stereocenters. The van der Waals surface area contributed by atoms with Crippen LogP contribution in [0.5, 0.6) is 5.88 Å². The maximum Gasteiger partial charge on any atom is 0.220 e. The zero-order valence-corrected chi connectivity index (χ0v) is 13.8. The number of pyridine rings is 1. The Balaban J connectivity index is 1.36. The average Bonchev–Trinajstić information content (AvgIpc) is 3.10. The molecular weight excluding hydrogens is 302 g/mol. The monoisotopic (exact) mass is 325 g/mol. The van der Waals surface area contributed by atoms with Crippen molar-refractivity contribution in [3.8, 4) is 5.88 Å². The van der Waals surface area contributed by atoms with Gasteiger partial charge in [0.2, 0.25) is 11.8 Å². The highest BCUT2D eigenvalue weighted by Gasteiger charge is 2.19. The molecule has 0 aromatic carbocycles. The van der Waals surface area contributed by atoms with Gasteiger partial charge in [0.25, 0.3) is 0 Å². The van der Waals surface area contributed by atoms with Crippen LogP contribution in [0, 0.1) is 0 Å². The van der Waals surface area contributed by atoms with Crippen LogP contribution in [0.25, 0.3) is 0 Å². The first-order valence-electron chi connectivity index (χ1n) is 8.70. The molecule has 1 saturated carbocycles. The summed E-state index contributed by atoms with van der Waals surface area (Å²) in [5.41, 5.74) is 9.11. The summed E-state index contributed by atoms with van der Waals surface area (Å²) in [4.78, 5) is 15.3. The fraction of sp³-hybridized carbons (Fsp3) is 0.500. The molecule has 0 spiro atoms. The van der Waals surface area contributed by atoms with Gasteiger partial charge in [-0.2, -0.15) is 0 Å². The van der Waals surface area contributed by atoms with E-state index in [9.17, 15) is 0 Å². The smallest absolute Gasteiger partial charge is 0.220 e. The van der Waals surface area contributed by atoms with Crippen molar-refractivity contribution in [2.24, 2.45) is 0 Å². The van der Waals surface area contributed by atoms with E-state index < -0.39 is 0 Å². The molecule has 0 atom stereocenters. The van der Waals surface area contributed by atoms with E-state index in [1.54, 1.807) is 0 Å². The number of hydrogen-bond acceptors (Lipinski definition) is 6. The Hall–Kier alpha value is -2.21. The molecule has 2 aliphatic rings. The van der Waals surface area contributed by atoms with Crippen molar-refractivity contribution in [1.29, 1.82) is 0 Å². The number of aromatic nitrogens is 3. The van der Waals surface area contributed by atoms with Crippen LogP contribution in [-0.2, 0) is 19.5 Å². The number of nitrogens with zero attached hydrogens (tertiary/aromatic N) is 4. The van der Waals surface area contributed by atoms with Crippen molar-refractivity contribution < 1.29 is 4.74 Å². The molecule has 4 rings (SSSR count). The Kier molecular flexibility index (Phi) is 4.30. The van der Waals surface area contributed by atoms with Gasteiger partial charge in [-0.15, -0.1) is 0 Å². The van der Waals surface area contributed by atoms with Crippen LogP contribution in [-0.4, -0.2) is 32.5 Å². The highest BCUT2D eigenvalue weighted by Crippen LogP contribution is 2.23. The zero-order valence-electron chi connectivity index (χ0n) is 13.8. The molecule has 126 valence electrons. The van der Waals surface area contributed by atoms with E-state index in [1.807, 2.05) is 18.5 Å². The standard InChI is InChI=1S/C18H23N5O/c19-18-21-10-14-12-23(8-7-16(14)22-18)11-13-5-6-17(20-9-13)24-15-3-1-2-4-15/h5-6,9-10,15H,1-4,7-8,11-12H2,(H2,19,21,22). The lowest BCUT2D eigenvalue weighted by Gasteiger charge is -2.27. The van der Waals surface area contributed by atoms with E-state index in [2.05, 4.69) is 25.9 Å². The van der Waals surface area contributed by atoms with Gasteiger partial charge in [-0.25, -0.2) is 15.0 Å². The average molecular weight is 325 g/mol. The van der Waals surface area contributed by atoms with E-state index in [0.717, 1.165) is 50.5 Å². The normalized spacial score (nSPS) is 18.5. The van der Waals surface area contributed by atoms with Crippen LogP contribution < -0.4 is 10.5 Å². The molecule has 6 heteroatoms. The number of ether oxygens (including phenoxy) is 1. The van der Waals surface area contributed by atoms with Crippen LogP contribution in [0.15, 0.2) is 24.5 Å². The number of anilines is 1. The molecule has 6 nitrogen and oxygen atoms in total. The molecule has 2 N–H and O–H groups in total. The molecule has 1 fully saturated rings. The molecular formula is C18H23N5O. The van der Waals surface area contributed by atoms with Crippen molar-refractivity contribution >= 4 is 5.95 Å². The van der Waals surface area contributed by atoms with Crippen LogP contribution >= 0.6 is 0 Å². The summed E-state index contributed by atoms with van der Waals surface area (Å²) in [5.74, 6) is 1.11. The van der Waals surface area contributed by atoms with Crippen molar-refractivity contribution in [1.82, 2.24) is 19.9 Å². The Morgan fingerprint density at radius 3 is 2.83 bits per heavy atom. The van der Waals surface area contributed by atoms with E-state index in [0.29, 0.717) is 12.1 Å². The maximum absolute atomic E-state index is 5.92. The summed E-state index contributed by atoms with van der Waals surface area (Å²) in [6.07, 6.45) is 9.91. The number of rotatable bonds is 4. The minimum atomic E-state index is 0.356. The van der Waals surface area contributed by atoms with Crippen LogP contribution in [0.4, 0.5) is 5.95 Å². The third-order valence-electron chi connectivity index (χ3n) is 4.83. The van der Waals surface area contributed by atoms with Crippen molar-refractivity contribution in [2.75, 3.05) is 12.3 Å². The third-order valence-corrected chi connectivity index (χ3v) is 4.83. The number of nitrogen functional groups attached to an aromatic ring is 1. The minimum Gasteiger partial charge on any atom is -0.474 e. The van der Waals surface area contributed by atoms with Gasteiger partial charge in [0.15, 0.2) is 0 Å². The zero-order chi connectivity index (χ0) is 16.4. The predicted molar refractivity (Wildman–Crippen MR) is 91.4 cm³/mol. The Morgan fingerprint density at radius 2 is 2.04 bits per heavy atom. The summed E-state index contributed by atoms with van der Waals surface area (Å²) < 4.78 is 5.92. The molecule has 0 saturated heterocycles. The van der Waals surface area contributed by atoms with Crippen molar-refractivity contribution in [3.63, 3.8) is 0 Å². The van der Waals surface area contributed by atoms with Gasteiger partial charge < -0.3 is 10.5 Å². The minimum absolute atomic E-state index is 0.356. The second-order valence-electron chi connectivity index (χ2n) is 6.69. The van der Waals surface area contributed by atoms with Gasteiger partial charge >= 0.3 is 0 Å². The lowest BCUT2D eigenvalue weighted by molar-refractivity contribution is 0.201. The van der Waals surface area contributed by atoms with Crippen molar-refractivity contribution in [2.45, 2.75) is 51.3 Å². The molecule has 24 heavy (non-hydrogen) atoms.